The van der Waals surface area contributed by atoms with Gasteiger partial charge in [0.1, 0.15) is 0 Å². The lowest BCUT2D eigenvalue weighted by molar-refractivity contribution is -0.113. The fraction of sp³-hybridized carbons (Fsp3) is 0.176. The molecule has 0 radical (unpaired) electrons. The maximum atomic E-state index is 11.9. The predicted octanol–water partition coefficient (Wildman–Crippen LogP) is 4.50. The van der Waals surface area contributed by atoms with Crippen LogP contribution in [-0.2, 0) is 10.5 Å². The molecule has 0 bridgehead atoms. The van der Waals surface area contributed by atoms with Crippen LogP contribution in [0.1, 0.15) is 16.7 Å². The Kier molecular flexibility index (Phi) is 6.05. The van der Waals surface area contributed by atoms with Crippen LogP contribution in [0.4, 0.5) is 5.69 Å². The number of hydrogen-bond donors (Lipinski definition) is 1. The zero-order chi connectivity index (χ0) is 15.9. The van der Waals surface area contributed by atoms with Gasteiger partial charge in [0.2, 0.25) is 5.91 Å². The summed E-state index contributed by atoms with van der Waals surface area (Å²) in [6, 6.07) is 15.3. The summed E-state index contributed by atoms with van der Waals surface area (Å²) in [7, 11) is 0. The Hall–Kier alpha value is -1.77. The Labute approximate surface area is 142 Å². The van der Waals surface area contributed by atoms with Crippen molar-refractivity contribution < 1.29 is 4.79 Å². The third kappa shape index (κ3) is 4.90. The standard InChI is InChI=1S/C17H15BrN2OS/c1-12-2-7-16(15(18)8-12)20-17(21)11-22-10-14-5-3-13(9-19)4-6-14/h2-8H,10-11H2,1H3,(H,20,21). The Morgan fingerprint density at radius 2 is 2.00 bits per heavy atom. The van der Waals surface area contributed by atoms with Gasteiger partial charge in [-0.25, -0.2) is 0 Å². The lowest BCUT2D eigenvalue weighted by Crippen LogP contribution is -2.14. The molecule has 5 heteroatoms. The van der Waals surface area contributed by atoms with E-state index in [2.05, 4.69) is 27.3 Å². The Morgan fingerprint density at radius 1 is 1.27 bits per heavy atom. The van der Waals surface area contributed by atoms with Crippen molar-refractivity contribution >= 4 is 39.3 Å². The van der Waals surface area contributed by atoms with Crippen molar-refractivity contribution in [1.29, 1.82) is 5.26 Å². The van der Waals surface area contributed by atoms with Crippen molar-refractivity contribution in [3.05, 3.63) is 63.6 Å². The molecule has 2 rings (SSSR count). The van der Waals surface area contributed by atoms with E-state index in [1.807, 2.05) is 37.3 Å². The van der Waals surface area contributed by atoms with E-state index in [1.165, 1.54) is 0 Å². The molecule has 0 heterocycles. The van der Waals surface area contributed by atoms with Crippen molar-refractivity contribution in [3.63, 3.8) is 0 Å². The maximum absolute atomic E-state index is 11.9. The summed E-state index contributed by atoms with van der Waals surface area (Å²) in [4.78, 5) is 11.9. The van der Waals surface area contributed by atoms with Gasteiger partial charge in [0.15, 0.2) is 0 Å². The van der Waals surface area contributed by atoms with Crippen LogP contribution in [0.25, 0.3) is 0 Å². The number of carbonyl (C=O) groups is 1. The summed E-state index contributed by atoms with van der Waals surface area (Å²) in [5, 5.41) is 11.6. The number of aryl methyl sites for hydroxylation is 1. The lowest BCUT2D eigenvalue weighted by atomic mass is 10.2. The summed E-state index contributed by atoms with van der Waals surface area (Å²) in [5.41, 5.74) is 3.68. The Balaban J connectivity index is 1.81. The number of thioether (sulfide) groups is 1. The normalized spacial score (nSPS) is 10.0. The molecule has 2 aromatic rings. The van der Waals surface area contributed by atoms with Crippen molar-refractivity contribution in [1.82, 2.24) is 0 Å². The second-order valence-corrected chi connectivity index (χ2v) is 6.67. The van der Waals surface area contributed by atoms with Crippen LogP contribution in [0.3, 0.4) is 0 Å². The molecule has 2 aromatic carbocycles. The molecule has 112 valence electrons. The second kappa shape index (κ2) is 8.02. The predicted molar refractivity (Wildman–Crippen MR) is 94.8 cm³/mol. The number of rotatable bonds is 5. The molecular weight excluding hydrogens is 360 g/mol. The molecule has 0 aliphatic carbocycles. The van der Waals surface area contributed by atoms with Gasteiger partial charge in [-0.3, -0.25) is 4.79 Å². The number of hydrogen-bond acceptors (Lipinski definition) is 3. The summed E-state index contributed by atoms with van der Waals surface area (Å²) in [6.07, 6.45) is 0. The molecule has 3 nitrogen and oxygen atoms in total. The van der Waals surface area contributed by atoms with Crippen LogP contribution < -0.4 is 5.32 Å². The molecule has 0 spiro atoms. The summed E-state index contributed by atoms with van der Waals surface area (Å²) < 4.78 is 0.887. The van der Waals surface area contributed by atoms with Crippen LogP contribution in [0, 0.1) is 18.3 Å². The van der Waals surface area contributed by atoms with E-state index < -0.39 is 0 Å². The van der Waals surface area contributed by atoms with Crippen molar-refractivity contribution in [3.8, 4) is 6.07 Å². The number of carbonyl (C=O) groups excluding carboxylic acids is 1. The minimum Gasteiger partial charge on any atom is -0.324 e. The zero-order valence-electron chi connectivity index (χ0n) is 12.1. The van der Waals surface area contributed by atoms with E-state index in [0.717, 1.165) is 27.0 Å². The topological polar surface area (TPSA) is 52.9 Å². The van der Waals surface area contributed by atoms with Gasteiger partial charge in [-0.05, 0) is 58.2 Å². The average molecular weight is 375 g/mol. The summed E-state index contributed by atoms with van der Waals surface area (Å²) in [6.45, 7) is 2.00. The second-order valence-electron chi connectivity index (χ2n) is 4.83. The van der Waals surface area contributed by atoms with Gasteiger partial charge in [0.25, 0.3) is 0 Å². The minimum atomic E-state index is -0.0248. The molecule has 0 saturated carbocycles. The first-order valence-corrected chi connectivity index (χ1v) is 8.66. The first-order valence-electron chi connectivity index (χ1n) is 6.71. The van der Waals surface area contributed by atoms with Crippen LogP contribution >= 0.6 is 27.7 Å². The van der Waals surface area contributed by atoms with Crippen molar-refractivity contribution in [2.45, 2.75) is 12.7 Å². The molecular formula is C17H15BrN2OS. The highest BCUT2D eigenvalue weighted by Crippen LogP contribution is 2.23. The van der Waals surface area contributed by atoms with Gasteiger partial charge in [-0.2, -0.15) is 5.26 Å². The van der Waals surface area contributed by atoms with E-state index in [1.54, 1.807) is 23.9 Å². The molecule has 0 aliphatic rings. The van der Waals surface area contributed by atoms with Crippen LogP contribution in [0.2, 0.25) is 0 Å². The van der Waals surface area contributed by atoms with E-state index in [9.17, 15) is 4.79 Å². The highest BCUT2D eigenvalue weighted by atomic mass is 79.9. The third-order valence-electron chi connectivity index (χ3n) is 2.98. The number of benzene rings is 2. The molecule has 0 saturated heterocycles. The number of halogens is 1. The van der Waals surface area contributed by atoms with E-state index in [0.29, 0.717) is 11.3 Å². The smallest absolute Gasteiger partial charge is 0.234 e. The fourth-order valence-corrected chi connectivity index (χ4v) is 3.23. The zero-order valence-corrected chi connectivity index (χ0v) is 14.5. The molecule has 0 aromatic heterocycles. The number of amides is 1. The van der Waals surface area contributed by atoms with Gasteiger partial charge in [0, 0.05) is 10.2 Å². The van der Waals surface area contributed by atoms with E-state index in [4.69, 9.17) is 5.26 Å². The number of anilines is 1. The number of nitriles is 1. The monoisotopic (exact) mass is 374 g/mol. The van der Waals surface area contributed by atoms with Crippen LogP contribution in [0.15, 0.2) is 46.9 Å². The van der Waals surface area contributed by atoms with Gasteiger partial charge in [-0.15, -0.1) is 11.8 Å². The molecule has 0 fully saturated rings. The van der Waals surface area contributed by atoms with Gasteiger partial charge in [-0.1, -0.05) is 18.2 Å². The summed E-state index contributed by atoms with van der Waals surface area (Å²) >= 11 is 4.99. The Bertz CT molecular complexity index is 708. The first-order chi connectivity index (χ1) is 10.6. The lowest BCUT2D eigenvalue weighted by Gasteiger charge is -2.08. The average Bonchev–Trinajstić information content (AvgIpc) is 2.51. The Morgan fingerprint density at radius 3 is 2.64 bits per heavy atom. The molecule has 0 aliphatic heterocycles. The van der Waals surface area contributed by atoms with Gasteiger partial charge in [0.05, 0.1) is 23.1 Å². The minimum absolute atomic E-state index is 0.0248. The highest BCUT2D eigenvalue weighted by Gasteiger charge is 2.06. The number of nitrogens with zero attached hydrogens (tertiary/aromatic N) is 1. The molecule has 1 N–H and O–H groups in total. The van der Waals surface area contributed by atoms with Crippen LogP contribution in [-0.4, -0.2) is 11.7 Å². The van der Waals surface area contributed by atoms with Crippen molar-refractivity contribution in [2.75, 3.05) is 11.1 Å². The van der Waals surface area contributed by atoms with Gasteiger partial charge < -0.3 is 5.32 Å². The quantitative estimate of drug-likeness (QED) is 0.837. The van der Waals surface area contributed by atoms with Gasteiger partial charge >= 0.3 is 0 Å². The summed E-state index contributed by atoms with van der Waals surface area (Å²) in [5.74, 6) is 1.11. The molecule has 0 atom stereocenters. The first kappa shape index (κ1) is 16.6. The SMILES string of the molecule is Cc1ccc(NC(=O)CSCc2ccc(C#N)cc2)c(Br)c1. The van der Waals surface area contributed by atoms with Crippen LogP contribution in [0.5, 0.6) is 0 Å². The molecule has 1 amide bonds. The highest BCUT2D eigenvalue weighted by molar-refractivity contribution is 9.10. The molecule has 22 heavy (non-hydrogen) atoms. The largest absolute Gasteiger partial charge is 0.324 e. The van der Waals surface area contributed by atoms with Crippen molar-refractivity contribution in [2.24, 2.45) is 0 Å². The van der Waals surface area contributed by atoms with E-state index in [-0.39, 0.29) is 5.91 Å². The maximum Gasteiger partial charge on any atom is 0.234 e. The number of nitrogens with one attached hydrogen (secondary N) is 1. The fourth-order valence-electron chi connectivity index (χ4n) is 1.84. The third-order valence-corrected chi connectivity index (χ3v) is 4.64. The molecule has 0 unspecified atom stereocenters. The van der Waals surface area contributed by atoms with E-state index >= 15 is 0 Å².